The van der Waals surface area contributed by atoms with E-state index in [-0.39, 0.29) is 12.2 Å². The average Bonchev–Trinajstić information content (AvgIpc) is 2.87. The number of nitrogens with zero attached hydrogens (tertiary/aromatic N) is 4. The van der Waals surface area contributed by atoms with Gasteiger partial charge in [0.25, 0.3) is 5.91 Å². The minimum atomic E-state index is -4.74. The molecule has 0 spiro atoms. The number of hydrogen-bond donors (Lipinski definition) is 1. The third kappa shape index (κ3) is 3.05. The Balaban J connectivity index is 2.22. The van der Waals surface area contributed by atoms with Crippen LogP contribution in [0.5, 0.6) is 0 Å². The second-order valence-electron chi connectivity index (χ2n) is 4.38. The monoisotopic (exact) mass is 355 g/mol. The van der Waals surface area contributed by atoms with Crippen molar-refractivity contribution >= 4 is 29.1 Å². The molecule has 0 radical (unpaired) electrons. The van der Waals surface area contributed by atoms with E-state index < -0.39 is 22.8 Å². The van der Waals surface area contributed by atoms with Crippen molar-refractivity contribution in [1.82, 2.24) is 24.9 Å². The zero-order chi connectivity index (χ0) is 16.7. The lowest BCUT2D eigenvalue weighted by Crippen LogP contribution is -2.26. The fourth-order valence-corrected chi connectivity index (χ4v) is 2.39. The van der Waals surface area contributed by atoms with Gasteiger partial charge in [-0.15, -0.1) is 0 Å². The van der Waals surface area contributed by atoms with E-state index in [1.807, 2.05) is 0 Å². The molecule has 2 heterocycles. The summed E-state index contributed by atoms with van der Waals surface area (Å²) >= 11 is 11.5. The number of alkyl halides is 3. The van der Waals surface area contributed by atoms with E-state index >= 15 is 0 Å². The van der Waals surface area contributed by atoms with Gasteiger partial charge >= 0.3 is 6.18 Å². The Hall–Kier alpha value is -1.74. The molecule has 0 fully saturated rings. The van der Waals surface area contributed by atoms with Crippen molar-refractivity contribution in [3.8, 4) is 0 Å². The zero-order valence-electron chi connectivity index (χ0n) is 11.4. The second kappa shape index (κ2) is 5.81. The van der Waals surface area contributed by atoms with Crippen LogP contribution in [-0.2, 0) is 26.8 Å². The Morgan fingerprint density at radius 1 is 1.32 bits per heavy atom. The smallest absolute Gasteiger partial charge is 0.345 e. The van der Waals surface area contributed by atoms with E-state index in [1.54, 1.807) is 7.05 Å². The van der Waals surface area contributed by atoms with Crippen LogP contribution in [0.25, 0.3) is 0 Å². The molecule has 22 heavy (non-hydrogen) atoms. The van der Waals surface area contributed by atoms with Crippen LogP contribution in [-0.4, -0.2) is 25.5 Å². The van der Waals surface area contributed by atoms with Crippen LogP contribution in [0.1, 0.15) is 21.9 Å². The summed E-state index contributed by atoms with van der Waals surface area (Å²) in [6.45, 7) is -0.0168. The minimum absolute atomic E-state index is 0.0168. The lowest BCUT2D eigenvalue weighted by atomic mass is 10.3. The summed E-state index contributed by atoms with van der Waals surface area (Å²) in [5.74, 6) is -0.798. The predicted molar refractivity (Wildman–Crippen MR) is 72.6 cm³/mol. The van der Waals surface area contributed by atoms with E-state index in [4.69, 9.17) is 23.2 Å². The summed E-state index contributed by atoms with van der Waals surface area (Å²) in [5, 5.41) is 9.13. The number of hydrogen-bond acceptors (Lipinski definition) is 3. The third-order valence-electron chi connectivity index (χ3n) is 2.90. The molecule has 2 aromatic heterocycles. The molecule has 0 saturated carbocycles. The summed E-state index contributed by atoms with van der Waals surface area (Å²) < 4.78 is 40.3. The van der Waals surface area contributed by atoms with E-state index in [9.17, 15) is 18.0 Å². The average molecular weight is 356 g/mol. The van der Waals surface area contributed by atoms with Gasteiger partial charge in [-0.2, -0.15) is 23.4 Å². The van der Waals surface area contributed by atoms with Crippen LogP contribution >= 0.6 is 23.2 Å². The highest BCUT2D eigenvalue weighted by atomic mass is 35.5. The van der Waals surface area contributed by atoms with Gasteiger partial charge in [0.1, 0.15) is 10.7 Å². The summed E-state index contributed by atoms with van der Waals surface area (Å²) in [4.78, 5) is 12.0. The normalized spacial score (nSPS) is 11.8. The first kappa shape index (κ1) is 16.6. The zero-order valence-corrected chi connectivity index (χ0v) is 12.9. The predicted octanol–water partition coefficient (Wildman–Crippen LogP) is 2.41. The van der Waals surface area contributed by atoms with E-state index in [2.05, 4.69) is 15.5 Å². The summed E-state index contributed by atoms with van der Waals surface area (Å²) in [7, 11) is 2.82. The number of carbonyl (C=O) groups excluding carboxylic acids is 1. The van der Waals surface area contributed by atoms with Gasteiger partial charge in [-0.25, -0.2) is 0 Å². The number of rotatable bonds is 3. The van der Waals surface area contributed by atoms with Gasteiger partial charge < -0.3 is 5.32 Å². The molecule has 1 N–H and O–H groups in total. The van der Waals surface area contributed by atoms with E-state index in [1.165, 1.54) is 17.9 Å². The molecule has 0 saturated heterocycles. The Labute approximate surface area is 132 Å². The maximum Gasteiger partial charge on any atom is 0.436 e. The van der Waals surface area contributed by atoms with Crippen LogP contribution in [0.4, 0.5) is 13.2 Å². The SMILES string of the molecule is Cn1ncc(Cl)c1CNC(=O)c1c(Cl)c(C(F)(F)F)nn1C. The summed E-state index contributed by atoms with van der Waals surface area (Å²) in [5.41, 5.74) is -1.18. The highest BCUT2D eigenvalue weighted by Crippen LogP contribution is 2.35. The molecule has 0 aromatic carbocycles. The molecular formula is C11H10Cl2F3N5O. The molecule has 1 amide bonds. The van der Waals surface area contributed by atoms with Gasteiger partial charge in [0.05, 0.1) is 23.5 Å². The van der Waals surface area contributed by atoms with Gasteiger partial charge in [0.2, 0.25) is 0 Å². The topological polar surface area (TPSA) is 64.7 Å². The number of amides is 1. The van der Waals surface area contributed by atoms with Crippen molar-refractivity contribution in [3.05, 3.63) is 33.3 Å². The molecule has 2 rings (SSSR count). The molecular weight excluding hydrogens is 346 g/mol. The molecule has 0 atom stereocenters. The maximum absolute atomic E-state index is 12.7. The highest BCUT2D eigenvalue weighted by Gasteiger charge is 2.39. The van der Waals surface area contributed by atoms with E-state index in [0.717, 1.165) is 4.68 Å². The van der Waals surface area contributed by atoms with Crippen molar-refractivity contribution in [2.75, 3.05) is 0 Å². The first-order valence-electron chi connectivity index (χ1n) is 5.87. The van der Waals surface area contributed by atoms with Gasteiger partial charge in [-0.3, -0.25) is 14.2 Å². The van der Waals surface area contributed by atoms with Crippen LogP contribution < -0.4 is 5.32 Å². The molecule has 0 aliphatic carbocycles. The molecule has 120 valence electrons. The standard InChI is InChI=1S/C11H10Cl2F3N5O/c1-20-6(5(12)3-18-20)4-17-10(22)8-7(13)9(11(14,15)16)19-21(8)2/h3H,4H2,1-2H3,(H,17,22). The Morgan fingerprint density at radius 2 is 1.95 bits per heavy atom. The molecule has 0 aliphatic rings. The summed E-state index contributed by atoms with van der Waals surface area (Å²) in [6, 6.07) is 0. The number of carbonyl (C=O) groups is 1. The highest BCUT2D eigenvalue weighted by molar-refractivity contribution is 6.34. The lowest BCUT2D eigenvalue weighted by molar-refractivity contribution is -0.141. The Bertz CT molecular complexity index is 703. The molecule has 0 bridgehead atoms. The van der Waals surface area contributed by atoms with Crippen molar-refractivity contribution in [2.24, 2.45) is 14.1 Å². The van der Waals surface area contributed by atoms with E-state index in [0.29, 0.717) is 10.7 Å². The Morgan fingerprint density at radius 3 is 2.41 bits per heavy atom. The fraction of sp³-hybridized carbons (Fsp3) is 0.364. The van der Waals surface area contributed by atoms with Crippen molar-refractivity contribution in [2.45, 2.75) is 12.7 Å². The summed E-state index contributed by atoms with van der Waals surface area (Å²) in [6.07, 6.45) is -3.35. The minimum Gasteiger partial charge on any atom is -0.345 e. The molecule has 0 aliphatic heterocycles. The number of aromatic nitrogens is 4. The largest absolute Gasteiger partial charge is 0.436 e. The van der Waals surface area contributed by atoms with Gasteiger partial charge in [-0.1, -0.05) is 23.2 Å². The Kier molecular flexibility index (Phi) is 4.39. The van der Waals surface area contributed by atoms with Crippen LogP contribution in [0, 0.1) is 0 Å². The number of nitrogens with one attached hydrogen (secondary N) is 1. The van der Waals surface area contributed by atoms with Gasteiger partial charge in [0.15, 0.2) is 5.69 Å². The molecule has 6 nitrogen and oxygen atoms in total. The van der Waals surface area contributed by atoms with Crippen LogP contribution in [0.15, 0.2) is 6.20 Å². The molecule has 2 aromatic rings. The number of aryl methyl sites for hydroxylation is 2. The maximum atomic E-state index is 12.7. The van der Waals surface area contributed by atoms with Gasteiger partial charge in [-0.05, 0) is 0 Å². The molecule has 11 heteroatoms. The first-order valence-corrected chi connectivity index (χ1v) is 6.62. The van der Waals surface area contributed by atoms with Crippen molar-refractivity contribution in [3.63, 3.8) is 0 Å². The van der Waals surface area contributed by atoms with Crippen molar-refractivity contribution < 1.29 is 18.0 Å². The fourth-order valence-electron chi connectivity index (χ4n) is 1.81. The molecule has 0 unspecified atom stereocenters. The third-order valence-corrected chi connectivity index (χ3v) is 3.57. The van der Waals surface area contributed by atoms with Crippen molar-refractivity contribution in [1.29, 1.82) is 0 Å². The first-order chi connectivity index (χ1) is 10.1. The second-order valence-corrected chi connectivity index (χ2v) is 5.16. The lowest BCUT2D eigenvalue weighted by Gasteiger charge is -2.07. The number of halogens is 5. The van der Waals surface area contributed by atoms with Crippen LogP contribution in [0.2, 0.25) is 10.0 Å². The van der Waals surface area contributed by atoms with Crippen LogP contribution in [0.3, 0.4) is 0 Å². The van der Waals surface area contributed by atoms with Gasteiger partial charge in [0, 0.05) is 14.1 Å². The quantitative estimate of drug-likeness (QED) is 0.919.